The van der Waals surface area contributed by atoms with Crippen molar-refractivity contribution in [3.8, 4) is 0 Å². The van der Waals surface area contributed by atoms with Crippen LogP contribution in [0.2, 0.25) is 0 Å². The minimum absolute atomic E-state index is 0.0612. The molecule has 13 nitrogen and oxygen atoms in total. The van der Waals surface area contributed by atoms with E-state index in [4.69, 9.17) is 18.9 Å². The Bertz CT molecular complexity index is 898. The van der Waals surface area contributed by atoms with Crippen LogP contribution in [0, 0.1) is 35.0 Å². The Balaban J connectivity index is 1.28. The van der Waals surface area contributed by atoms with Gasteiger partial charge in [0.25, 0.3) is 0 Å². The summed E-state index contributed by atoms with van der Waals surface area (Å²) >= 11 is 0. The number of rotatable bonds is 14. The highest BCUT2D eigenvalue weighted by Crippen LogP contribution is 2.65. The van der Waals surface area contributed by atoms with Gasteiger partial charge in [0, 0.05) is 12.3 Å². The molecule has 4 bridgehead atoms. The van der Waals surface area contributed by atoms with Gasteiger partial charge >= 0.3 is 0 Å². The Morgan fingerprint density at radius 1 is 0.800 bits per heavy atom. The molecular formula is C32H55NO12. The van der Waals surface area contributed by atoms with Crippen molar-refractivity contribution >= 4 is 5.91 Å². The average molecular weight is 646 g/mol. The molecule has 5 unspecified atom stereocenters. The van der Waals surface area contributed by atoms with Crippen LogP contribution in [0.25, 0.3) is 0 Å². The van der Waals surface area contributed by atoms with E-state index in [0.29, 0.717) is 18.3 Å². The number of aliphatic hydroxyl groups excluding tert-OH is 7. The van der Waals surface area contributed by atoms with Gasteiger partial charge in [0.05, 0.1) is 44.7 Å². The molecule has 0 aromatic heterocycles. The molecule has 4 saturated carbocycles. The maximum absolute atomic E-state index is 13.9. The molecule has 45 heavy (non-hydrogen) atoms. The first-order valence-corrected chi connectivity index (χ1v) is 17.0. The predicted molar refractivity (Wildman–Crippen MR) is 158 cm³/mol. The molecule has 13 heteroatoms. The second-order valence-electron chi connectivity index (χ2n) is 14.5. The summed E-state index contributed by atoms with van der Waals surface area (Å²) in [6, 6.07) is -0.815. The van der Waals surface area contributed by atoms with Crippen LogP contribution in [0.5, 0.6) is 0 Å². The van der Waals surface area contributed by atoms with Crippen LogP contribution in [0.3, 0.4) is 0 Å². The molecule has 6 fully saturated rings. The number of carbonyl (C=O) groups excluding carboxylic acids is 1. The summed E-state index contributed by atoms with van der Waals surface area (Å²) in [4.78, 5) is 13.9. The minimum atomic E-state index is -1.62. The van der Waals surface area contributed by atoms with Gasteiger partial charge in [0.2, 0.25) is 5.91 Å². The normalized spacial score (nSPS) is 46.7. The van der Waals surface area contributed by atoms with Crippen molar-refractivity contribution in [1.29, 1.82) is 0 Å². The SMILES string of the molecule is CCCC[C@]1(CC(=O)NC(CO[C@H]2OC(CO)[C@H](C)C(O)[C@H]2O)CO[C@H]2OC(CO)[C@H](O)C(O)[C@H]2O)C2C[C@@H]3C[C@H](C2)C[C@@H]1C3. The Hall–Kier alpha value is -0.970. The summed E-state index contributed by atoms with van der Waals surface area (Å²) in [6.45, 7) is 2.40. The molecule has 0 spiro atoms. The van der Waals surface area contributed by atoms with Crippen LogP contribution in [0.4, 0.5) is 0 Å². The van der Waals surface area contributed by atoms with Crippen LogP contribution in [0.15, 0.2) is 0 Å². The maximum Gasteiger partial charge on any atom is 0.220 e. The molecule has 1 amide bonds. The van der Waals surface area contributed by atoms with Crippen molar-refractivity contribution in [2.75, 3.05) is 26.4 Å². The molecule has 4 aliphatic carbocycles. The van der Waals surface area contributed by atoms with E-state index in [-0.39, 0.29) is 31.1 Å². The van der Waals surface area contributed by atoms with E-state index >= 15 is 0 Å². The molecule has 2 aliphatic heterocycles. The van der Waals surface area contributed by atoms with Gasteiger partial charge in [0.15, 0.2) is 12.6 Å². The van der Waals surface area contributed by atoms with E-state index in [2.05, 4.69) is 12.2 Å². The van der Waals surface area contributed by atoms with Crippen LogP contribution in [-0.4, -0.2) is 129 Å². The van der Waals surface area contributed by atoms with Gasteiger partial charge in [-0.05, 0) is 67.6 Å². The maximum atomic E-state index is 13.9. The Morgan fingerprint density at radius 2 is 1.33 bits per heavy atom. The van der Waals surface area contributed by atoms with E-state index in [1.807, 2.05) is 0 Å². The van der Waals surface area contributed by atoms with Crippen LogP contribution < -0.4 is 5.32 Å². The van der Waals surface area contributed by atoms with Crippen molar-refractivity contribution < 1.29 is 59.5 Å². The topological polar surface area (TPSA) is 208 Å². The van der Waals surface area contributed by atoms with Gasteiger partial charge in [-0.25, -0.2) is 0 Å². The highest BCUT2D eigenvalue weighted by Gasteiger charge is 2.57. The van der Waals surface area contributed by atoms with Crippen LogP contribution in [0.1, 0.15) is 71.6 Å². The number of carbonyl (C=O) groups is 1. The van der Waals surface area contributed by atoms with Crippen molar-refractivity contribution in [2.24, 2.45) is 35.0 Å². The van der Waals surface area contributed by atoms with Gasteiger partial charge in [-0.1, -0.05) is 26.7 Å². The molecule has 260 valence electrons. The van der Waals surface area contributed by atoms with Crippen molar-refractivity contribution in [2.45, 2.75) is 133 Å². The number of unbranched alkanes of at least 4 members (excludes halogenated alkanes) is 1. The summed E-state index contributed by atoms with van der Waals surface area (Å²) in [6.07, 6.45) is -2.42. The first-order valence-electron chi connectivity index (χ1n) is 17.0. The monoisotopic (exact) mass is 645 g/mol. The molecule has 11 atom stereocenters. The Labute approximate surface area is 265 Å². The lowest BCUT2D eigenvalue weighted by atomic mass is 9.43. The van der Waals surface area contributed by atoms with Crippen molar-refractivity contribution in [3.05, 3.63) is 0 Å². The molecule has 0 radical (unpaired) electrons. The Kier molecular flexibility index (Phi) is 11.8. The molecule has 2 heterocycles. The summed E-state index contributed by atoms with van der Waals surface area (Å²) in [5.41, 5.74) is -0.0612. The quantitative estimate of drug-likeness (QED) is 0.119. The summed E-state index contributed by atoms with van der Waals surface area (Å²) in [5, 5.41) is 74.2. The fraction of sp³-hybridized carbons (Fsp3) is 0.969. The fourth-order valence-corrected chi connectivity index (χ4v) is 9.17. The van der Waals surface area contributed by atoms with Crippen molar-refractivity contribution in [3.63, 3.8) is 0 Å². The zero-order valence-corrected chi connectivity index (χ0v) is 26.5. The number of hydrogen-bond donors (Lipinski definition) is 8. The molecular weight excluding hydrogens is 590 g/mol. The standard InChI is InChI=1S/C32H55NO12/c1-3-4-5-32(19-7-17-6-18(9-19)10-20(32)8-17)11-24(36)33-21(14-42-30-28(40)25(37)16(2)22(12-34)44-30)15-43-31-29(41)27(39)26(38)23(13-35)45-31/h16-23,25-31,34-35,37-41H,3-15H2,1-2H3,(H,33,36)/t16-,17-,18+,19+,20?,21?,22?,23?,25?,26-,27?,28+,29+,30-,31-,32+/m0/s1. The first-order chi connectivity index (χ1) is 21.5. The zero-order chi connectivity index (χ0) is 32.5. The zero-order valence-electron chi connectivity index (χ0n) is 26.5. The lowest BCUT2D eigenvalue weighted by molar-refractivity contribution is -0.306. The first kappa shape index (κ1) is 35.3. The van der Waals surface area contributed by atoms with E-state index in [1.54, 1.807) is 6.92 Å². The largest absolute Gasteiger partial charge is 0.394 e. The van der Waals surface area contributed by atoms with Crippen molar-refractivity contribution in [1.82, 2.24) is 5.32 Å². The second-order valence-corrected chi connectivity index (χ2v) is 14.5. The van der Waals surface area contributed by atoms with Crippen LogP contribution >= 0.6 is 0 Å². The van der Waals surface area contributed by atoms with E-state index < -0.39 is 73.9 Å². The molecule has 6 aliphatic rings. The van der Waals surface area contributed by atoms with Gasteiger partial charge in [0.1, 0.15) is 30.5 Å². The highest BCUT2D eigenvalue weighted by atomic mass is 16.7. The lowest BCUT2D eigenvalue weighted by Crippen LogP contribution is -2.60. The fourth-order valence-electron chi connectivity index (χ4n) is 9.17. The van der Waals surface area contributed by atoms with E-state index in [9.17, 15) is 40.5 Å². The van der Waals surface area contributed by atoms with Gasteiger partial charge < -0.3 is 60.0 Å². The number of aliphatic hydroxyl groups is 7. The molecule has 2 saturated heterocycles. The van der Waals surface area contributed by atoms with Gasteiger partial charge in [-0.2, -0.15) is 0 Å². The Morgan fingerprint density at radius 3 is 1.87 bits per heavy atom. The molecule has 0 aromatic rings. The number of nitrogens with one attached hydrogen (secondary N) is 1. The third kappa shape index (κ3) is 7.39. The molecule has 0 aromatic carbocycles. The lowest BCUT2D eigenvalue weighted by Gasteiger charge is -2.61. The highest BCUT2D eigenvalue weighted by molar-refractivity contribution is 5.77. The average Bonchev–Trinajstić information content (AvgIpc) is 3.02. The minimum Gasteiger partial charge on any atom is -0.394 e. The second kappa shape index (κ2) is 15.1. The molecule has 6 rings (SSSR count). The van der Waals surface area contributed by atoms with E-state index in [1.165, 1.54) is 32.1 Å². The molecule has 8 N–H and O–H groups in total. The predicted octanol–water partition coefficient (Wildman–Crippen LogP) is -0.598. The summed E-state index contributed by atoms with van der Waals surface area (Å²) < 4.78 is 22.8. The summed E-state index contributed by atoms with van der Waals surface area (Å²) in [5.74, 6) is 1.89. The van der Waals surface area contributed by atoms with Crippen LogP contribution in [-0.2, 0) is 23.7 Å². The van der Waals surface area contributed by atoms with Gasteiger partial charge in [-0.3, -0.25) is 4.79 Å². The summed E-state index contributed by atoms with van der Waals surface area (Å²) in [7, 11) is 0. The number of hydrogen-bond acceptors (Lipinski definition) is 12. The number of amides is 1. The third-order valence-corrected chi connectivity index (χ3v) is 11.6. The van der Waals surface area contributed by atoms with Gasteiger partial charge in [-0.15, -0.1) is 0 Å². The van der Waals surface area contributed by atoms with E-state index in [0.717, 1.165) is 31.1 Å². The third-order valence-electron chi connectivity index (χ3n) is 11.6. The smallest absolute Gasteiger partial charge is 0.220 e. The number of ether oxygens (including phenoxy) is 4.